The van der Waals surface area contributed by atoms with Gasteiger partial charge in [-0.25, -0.2) is 9.07 Å². The lowest BCUT2D eigenvalue weighted by Crippen LogP contribution is -2.36. The fourth-order valence-electron chi connectivity index (χ4n) is 3.40. The number of hydrogen-bond donors (Lipinski definition) is 0. The number of nitrogens with zero attached hydrogens (tertiary/aromatic N) is 3. The van der Waals surface area contributed by atoms with Crippen molar-refractivity contribution < 1.29 is 9.18 Å². The minimum atomic E-state index is -0.370. The summed E-state index contributed by atoms with van der Waals surface area (Å²) in [6.45, 7) is 1.46. The third kappa shape index (κ3) is 3.60. The van der Waals surface area contributed by atoms with Crippen LogP contribution in [0.1, 0.15) is 29.8 Å². The first-order valence-electron chi connectivity index (χ1n) is 9.04. The summed E-state index contributed by atoms with van der Waals surface area (Å²) < 4.78 is 15.8. The third-order valence-electron chi connectivity index (χ3n) is 4.77. The quantitative estimate of drug-likeness (QED) is 0.641. The number of halogens is 2. The van der Waals surface area contributed by atoms with E-state index in [1.807, 2.05) is 11.0 Å². The molecule has 138 valence electrons. The van der Waals surface area contributed by atoms with E-state index in [0.29, 0.717) is 27.7 Å². The number of benzene rings is 2. The van der Waals surface area contributed by atoms with E-state index in [-0.39, 0.29) is 11.7 Å². The van der Waals surface area contributed by atoms with Crippen LogP contribution in [0.2, 0.25) is 5.02 Å². The molecule has 27 heavy (non-hydrogen) atoms. The number of piperidine rings is 1. The van der Waals surface area contributed by atoms with Crippen LogP contribution in [-0.4, -0.2) is 33.7 Å². The second-order valence-corrected chi connectivity index (χ2v) is 7.08. The van der Waals surface area contributed by atoms with E-state index < -0.39 is 0 Å². The Morgan fingerprint density at radius 2 is 1.78 bits per heavy atom. The predicted molar refractivity (Wildman–Crippen MR) is 104 cm³/mol. The van der Waals surface area contributed by atoms with Crippen LogP contribution in [0.4, 0.5) is 4.39 Å². The van der Waals surface area contributed by atoms with Gasteiger partial charge in [0.05, 0.1) is 11.4 Å². The Kier molecular flexibility index (Phi) is 4.94. The minimum absolute atomic E-state index is 0.0928. The van der Waals surface area contributed by atoms with Crippen LogP contribution in [0, 0.1) is 5.82 Å². The summed E-state index contributed by atoms with van der Waals surface area (Å²) in [5.41, 5.74) is 1.88. The van der Waals surface area contributed by atoms with Gasteiger partial charge in [-0.1, -0.05) is 29.8 Å². The number of amides is 1. The van der Waals surface area contributed by atoms with Gasteiger partial charge in [0.25, 0.3) is 5.91 Å². The SMILES string of the molecule is O=C(c1cc(-c2ccccc2F)nn1-c1cccc(Cl)c1)N1CCCCC1. The number of rotatable bonds is 3. The second kappa shape index (κ2) is 7.53. The van der Waals surface area contributed by atoms with Crippen molar-refractivity contribution in [2.24, 2.45) is 0 Å². The van der Waals surface area contributed by atoms with Crippen molar-refractivity contribution in [2.45, 2.75) is 19.3 Å². The average molecular weight is 384 g/mol. The lowest BCUT2D eigenvalue weighted by atomic mass is 10.1. The molecular weight excluding hydrogens is 365 g/mol. The molecule has 1 fully saturated rings. The predicted octanol–water partition coefficient (Wildman–Crippen LogP) is 4.96. The lowest BCUT2D eigenvalue weighted by Gasteiger charge is -2.26. The van der Waals surface area contributed by atoms with Crippen molar-refractivity contribution >= 4 is 17.5 Å². The van der Waals surface area contributed by atoms with Gasteiger partial charge in [0.15, 0.2) is 0 Å². The molecule has 6 heteroatoms. The first kappa shape index (κ1) is 17.7. The zero-order valence-corrected chi connectivity index (χ0v) is 15.5. The van der Waals surface area contributed by atoms with Crippen molar-refractivity contribution in [3.8, 4) is 16.9 Å². The molecule has 4 nitrogen and oxygen atoms in total. The molecule has 1 aliphatic heterocycles. The topological polar surface area (TPSA) is 38.1 Å². The van der Waals surface area contributed by atoms with E-state index in [2.05, 4.69) is 5.10 Å². The number of aromatic nitrogens is 2. The highest BCUT2D eigenvalue weighted by Crippen LogP contribution is 2.26. The van der Waals surface area contributed by atoms with Crippen LogP contribution in [0.15, 0.2) is 54.6 Å². The summed E-state index contributed by atoms with van der Waals surface area (Å²) in [6, 6.07) is 15.2. The van der Waals surface area contributed by atoms with Gasteiger partial charge in [-0.3, -0.25) is 4.79 Å². The summed E-state index contributed by atoms with van der Waals surface area (Å²) in [5, 5.41) is 5.09. The lowest BCUT2D eigenvalue weighted by molar-refractivity contribution is 0.0715. The summed E-state index contributed by atoms with van der Waals surface area (Å²) in [7, 11) is 0. The molecule has 0 aliphatic carbocycles. The first-order chi connectivity index (χ1) is 13.1. The standard InChI is InChI=1S/C21H19ClFN3O/c22-15-7-6-8-16(13-15)26-20(21(27)25-11-4-1-5-12-25)14-19(24-26)17-9-2-3-10-18(17)23/h2-3,6-10,13-14H,1,4-5,11-12H2. The van der Waals surface area contributed by atoms with Crippen LogP contribution >= 0.6 is 11.6 Å². The number of carbonyl (C=O) groups is 1. The van der Waals surface area contributed by atoms with Crippen molar-refractivity contribution in [1.29, 1.82) is 0 Å². The molecule has 0 radical (unpaired) electrons. The number of likely N-dealkylation sites (tertiary alicyclic amines) is 1. The monoisotopic (exact) mass is 383 g/mol. The third-order valence-corrected chi connectivity index (χ3v) is 5.01. The average Bonchev–Trinajstić information content (AvgIpc) is 3.13. The van der Waals surface area contributed by atoms with Crippen LogP contribution in [0.5, 0.6) is 0 Å². The molecule has 0 unspecified atom stereocenters. The molecular formula is C21H19ClFN3O. The maximum Gasteiger partial charge on any atom is 0.272 e. The van der Waals surface area contributed by atoms with E-state index in [1.165, 1.54) is 6.07 Å². The molecule has 4 rings (SSSR count). The maximum absolute atomic E-state index is 14.3. The van der Waals surface area contributed by atoms with Crippen molar-refractivity contribution in [2.75, 3.05) is 13.1 Å². The highest BCUT2D eigenvalue weighted by molar-refractivity contribution is 6.30. The smallest absolute Gasteiger partial charge is 0.272 e. The zero-order valence-electron chi connectivity index (χ0n) is 14.7. The van der Waals surface area contributed by atoms with E-state index in [4.69, 9.17) is 11.6 Å². The largest absolute Gasteiger partial charge is 0.337 e. The van der Waals surface area contributed by atoms with Gasteiger partial charge in [-0.2, -0.15) is 5.10 Å². The van der Waals surface area contributed by atoms with Crippen molar-refractivity contribution in [3.05, 3.63) is 71.1 Å². The van der Waals surface area contributed by atoms with E-state index in [0.717, 1.165) is 32.4 Å². The molecule has 1 aromatic heterocycles. The maximum atomic E-state index is 14.3. The van der Waals surface area contributed by atoms with Crippen LogP contribution < -0.4 is 0 Å². The Hall–Kier alpha value is -2.66. The highest BCUT2D eigenvalue weighted by Gasteiger charge is 2.24. The highest BCUT2D eigenvalue weighted by atomic mass is 35.5. The molecule has 0 saturated carbocycles. The van der Waals surface area contributed by atoms with E-state index in [9.17, 15) is 9.18 Å². The summed E-state index contributed by atoms with van der Waals surface area (Å²) in [5.74, 6) is -0.463. The number of hydrogen-bond acceptors (Lipinski definition) is 2. The molecule has 2 aromatic carbocycles. The fourth-order valence-corrected chi connectivity index (χ4v) is 3.58. The van der Waals surface area contributed by atoms with E-state index in [1.54, 1.807) is 47.1 Å². The Labute approximate surface area is 162 Å². The Morgan fingerprint density at radius 1 is 1.00 bits per heavy atom. The normalized spacial score (nSPS) is 14.4. The van der Waals surface area contributed by atoms with Crippen LogP contribution in [-0.2, 0) is 0 Å². The molecule has 0 atom stereocenters. The van der Waals surface area contributed by atoms with Gasteiger partial charge in [0.2, 0.25) is 0 Å². The minimum Gasteiger partial charge on any atom is -0.337 e. The van der Waals surface area contributed by atoms with Gasteiger partial charge < -0.3 is 4.90 Å². The van der Waals surface area contributed by atoms with Gasteiger partial charge in [-0.15, -0.1) is 0 Å². The summed E-state index contributed by atoms with van der Waals surface area (Å²) >= 11 is 6.13. The summed E-state index contributed by atoms with van der Waals surface area (Å²) in [4.78, 5) is 15.0. The Balaban J connectivity index is 1.82. The molecule has 1 saturated heterocycles. The molecule has 0 N–H and O–H groups in total. The zero-order chi connectivity index (χ0) is 18.8. The molecule has 3 aromatic rings. The van der Waals surface area contributed by atoms with Crippen LogP contribution in [0.25, 0.3) is 16.9 Å². The Bertz CT molecular complexity index is 979. The Morgan fingerprint density at radius 3 is 2.52 bits per heavy atom. The van der Waals surface area contributed by atoms with Gasteiger partial charge in [-0.05, 0) is 55.7 Å². The molecule has 0 spiro atoms. The molecule has 1 aliphatic rings. The molecule has 1 amide bonds. The fraction of sp³-hybridized carbons (Fsp3) is 0.238. The molecule has 0 bridgehead atoms. The van der Waals surface area contributed by atoms with Gasteiger partial charge in [0, 0.05) is 23.7 Å². The van der Waals surface area contributed by atoms with Gasteiger partial charge >= 0.3 is 0 Å². The molecule has 2 heterocycles. The number of carbonyl (C=O) groups excluding carboxylic acids is 1. The van der Waals surface area contributed by atoms with Crippen molar-refractivity contribution in [3.63, 3.8) is 0 Å². The van der Waals surface area contributed by atoms with Crippen molar-refractivity contribution in [1.82, 2.24) is 14.7 Å². The summed E-state index contributed by atoms with van der Waals surface area (Å²) in [6.07, 6.45) is 3.13. The van der Waals surface area contributed by atoms with Crippen LogP contribution in [0.3, 0.4) is 0 Å². The van der Waals surface area contributed by atoms with Gasteiger partial charge in [0.1, 0.15) is 11.5 Å². The first-order valence-corrected chi connectivity index (χ1v) is 9.41. The second-order valence-electron chi connectivity index (χ2n) is 6.64. The van der Waals surface area contributed by atoms with E-state index >= 15 is 0 Å².